The van der Waals surface area contributed by atoms with Crippen molar-refractivity contribution in [2.24, 2.45) is 0 Å². The van der Waals surface area contributed by atoms with Crippen LogP contribution in [0.1, 0.15) is 25.0 Å². The molecule has 0 fully saturated rings. The number of nitrogens with one attached hydrogen (secondary N) is 1. The van der Waals surface area contributed by atoms with E-state index < -0.39 is 0 Å². The molecule has 2 atom stereocenters. The van der Waals surface area contributed by atoms with Crippen LogP contribution in [0.2, 0.25) is 0 Å². The monoisotopic (exact) mass is 341 g/mol. The van der Waals surface area contributed by atoms with E-state index in [0.29, 0.717) is 25.7 Å². The molecule has 2 aliphatic heterocycles. The van der Waals surface area contributed by atoms with Crippen LogP contribution in [0, 0.1) is 0 Å². The Hall–Kier alpha value is -2.40. The van der Waals surface area contributed by atoms with Gasteiger partial charge in [-0.3, -0.25) is 0 Å². The fraction of sp³-hybridized carbons (Fsp3) is 0.400. The van der Waals surface area contributed by atoms with Crippen molar-refractivity contribution in [1.82, 2.24) is 5.32 Å². The molecule has 1 N–H and O–H groups in total. The Kier molecular flexibility index (Phi) is 4.40. The number of hydrogen-bond acceptors (Lipinski definition) is 5. The van der Waals surface area contributed by atoms with Gasteiger partial charge in [0.15, 0.2) is 23.0 Å². The molecule has 0 radical (unpaired) electrons. The van der Waals surface area contributed by atoms with Crippen molar-refractivity contribution in [3.05, 3.63) is 47.5 Å². The highest BCUT2D eigenvalue weighted by molar-refractivity contribution is 5.45. The minimum absolute atomic E-state index is 0.319. The highest BCUT2D eigenvalue weighted by Crippen LogP contribution is 2.33. The molecule has 4 rings (SSSR count). The van der Waals surface area contributed by atoms with E-state index in [1.165, 1.54) is 11.1 Å². The summed E-state index contributed by atoms with van der Waals surface area (Å²) in [5.41, 5.74) is 2.50. The van der Waals surface area contributed by atoms with Crippen molar-refractivity contribution in [2.45, 2.75) is 38.8 Å². The maximum absolute atomic E-state index is 5.45. The third-order valence-corrected chi connectivity index (χ3v) is 4.53. The number of fused-ring (bicyclic) bond motifs is 2. The van der Waals surface area contributed by atoms with Gasteiger partial charge in [-0.2, -0.15) is 0 Å². The molecule has 2 aliphatic rings. The number of hydrogen-bond donors (Lipinski definition) is 1. The van der Waals surface area contributed by atoms with E-state index in [2.05, 4.69) is 43.4 Å². The van der Waals surface area contributed by atoms with E-state index in [1.54, 1.807) is 0 Å². The molecule has 132 valence electrons. The van der Waals surface area contributed by atoms with Crippen LogP contribution in [-0.4, -0.2) is 25.7 Å². The van der Waals surface area contributed by atoms with Crippen molar-refractivity contribution in [3.8, 4) is 23.0 Å². The van der Waals surface area contributed by atoms with Crippen LogP contribution >= 0.6 is 0 Å². The van der Waals surface area contributed by atoms with Crippen LogP contribution in [0.15, 0.2) is 36.4 Å². The van der Waals surface area contributed by atoms with Gasteiger partial charge in [0.25, 0.3) is 0 Å². The van der Waals surface area contributed by atoms with E-state index in [0.717, 1.165) is 35.8 Å². The lowest BCUT2D eigenvalue weighted by Gasteiger charge is -2.20. The lowest BCUT2D eigenvalue weighted by molar-refractivity contribution is 0.173. The quantitative estimate of drug-likeness (QED) is 0.874. The van der Waals surface area contributed by atoms with Gasteiger partial charge in [0, 0.05) is 12.1 Å². The lowest BCUT2D eigenvalue weighted by Crippen LogP contribution is -2.37. The Morgan fingerprint density at radius 1 is 0.720 bits per heavy atom. The Bertz CT molecular complexity index is 698. The van der Waals surface area contributed by atoms with Gasteiger partial charge in [0.2, 0.25) is 13.6 Å². The van der Waals surface area contributed by atoms with Crippen LogP contribution < -0.4 is 24.3 Å². The smallest absolute Gasteiger partial charge is 0.231 e. The molecule has 0 saturated heterocycles. The van der Waals surface area contributed by atoms with Crippen LogP contribution in [0.5, 0.6) is 23.0 Å². The summed E-state index contributed by atoms with van der Waals surface area (Å²) in [6.45, 7) is 5.06. The van der Waals surface area contributed by atoms with Gasteiger partial charge < -0.3 is 24.3 Å². The molecule has 2 aromatic carbocycles. The molecule has 0 aromatic heterocycles. The van der Waals surface area contributed by atoms with Gasteiger partial charge in [0.05, 0.1) is 0 Å². The van der Waals surface area contributed by atoms with Crippen molar-refractivity contribution >= 4 is 0 Å². The van der Waals surface area contributed by atoms with Crippen LogP contribution in [0.3, 0.4) is 0 Å². The zero-order valence-corrected chi connectivity index (χ0v) is 14.6. The Balaban J connectivity index is 1.32. The van der Waals surface area contributed by atoms with E-state index >= 15 is 0 Å². The summed E-state index contributed by atoms with van der Waals surface area (Å²) in [5.74, 6) is 3.36. The topological polar surface area (TPSA) is 49.0 Å². The second-order valence-corrected chi connectivity index (χ2v) is 6.75. The normalized spacial score (nSPS) is 16.7. The van der Waals surface area contributed by atoms with E-state index in [4.69, 9.17) is 18.9 Å². The Morgan fingerprint density at radius 2 is 1.16 bits per heavy atom. The minimum atomic E-state index is 0.319. The summed E-state index contributed by atoms with van der Waals surface area (Å²) in [4.78, 5) is 0. The molecule has 5 nitrogen and oxygen atoms in total. The maximum atomic E-state index is 5.45. The third-order valence-electron chi connectivity index (χ3n) is 4.53. The van der Waals surface area contributed by atoms with Gasteiger partial charge in [-0.1, -0.05) is 12.1 Å². The summed E-state index contributed by atoms with van der Waals surface area (Å²) >= 11 is 0. The molecule has 2 unspecified atom stereocenters. The Labute approximate surface area is 147 Å². The molecule has 2 aromatic rings. The molecule has 0 amide bonds. The van der Waals surface area contributed by atoms with E-state index in [9.17, 15) is 0 Å². The fourth-order valence-corrected chi connectivity index (χ4v) is 3.45. The first-order chi connectivity index (χ1) is 12.2. The standard InChI is InChI=1S/C20H23NO4/c1-13(7-15-3-5-17-19(9-15)24-11-22-17)21-14(2)8-16-4-6-18-20(10-16)25-12-23-18/h3-6,9-10,13-14,21H,7-8,11-12H2,1-2H3. The van der Waals surface area contributed by atoms with E-state index in [-0.39, 0.29) is 0 Å². The van der Waals surface area contributed by atoms with E-state index in [1.807, 2.05) is 12.1 Å². The second-order valence-electron chi connectivity index (χ2n) is 6.75. The summed E-state index contributed by atoms with van der Waals surface area (Å²) in [5, 5.41) is 3.67. The summed E-state index contributed by atoms with van der Waals surface area (Å²) < 4.78 is 21.6. The molecule has 0 saturated carbocycles. The van der Waals surface area contributed by atoms with Gasteiger partial charge in [-0.25, -0.2) is 0 Å². The van der Waals surface area contributed by atoms with Crippen LogP contribution in [0.25, 0.3) is 0 Å². The van der Waals surface area contributed by atoms with Gasteiger partial charge in [0.1, 0.15) is 0 Å². The molecule has 0 aliphatic carbocycles. The molecular weight excluding hydrogens is 318 g/mol. The largest absolute Gasteiger partial charge is 0.454 e. The summed E-state index contributed by atoms with van der Waals surface area (Å²) in [7, 11) is 0. The van der Waals surface area contributed by atoms with Gasteiger partial charge >= 0.3 is 0 Å². The second kappa shape index (κ2) is 6.84. The maximum Gasteiger partial charge on any atom is 0.231 e. The first-order valence-corrected chi connectivity index (χ1v) is 8.70. The SMILES string of the molecule is CC(Cc1ccc2c(c1)OCO2)NC(C)Cc1ccc2c(c1)OCO2. The minimum Gasteiger partial charge on any atom is -0.454 e. The lowest BCUT2D eigenvalue weighted by atomic mass is 10.0. The fourth-order valence-electron chi connectivity index (χ4n) is 3.45. The first kappa shape index (κ1) is 16.1. The number of benzene rings is 2. The number of rotatable bonds is 6. The summed E-state index contributed by atoms with van der Waals surface area (Å²) in [6, 6.07) is 13.1. The van der Waals surface area contributed by atoms with Crippen molar-refractivity contribution in [3.63, 3.8) is 0 Å². The first-order valence-electron chi connectivity index (χ1n) is 8.70. The zero-order chi connectivity index (χ0) is 17.2. The third kappa shape index (κ3) is 3.66. The zero-order valence-electron chi connectivity index (χ0n) is 14.6. The molecule has 0 bridgehead atoms. The highest BCUT2D eigenvalue weighted by Gasteiger charge is 2.17. The average Bonchev–Trinajstić information content (AvgIpc) is 3.22. The highest BCUT2D eigenvalue weighted by atomic mass is 16.7. The molecular formula is C20H23NO4. The van der Waals surface area contributed by atoms with Crippen LogP contribution in [0.4, 0.5) is 0 Å². The summed E-state index contributed by atoms with van der Waals surface area (Å²) in [6.07, 6.45) is 1.89. The van der Waals surface area contributed by atoms with Crippen molar-refractivity contribution in [1.29, 1.82) is 0 Å². The van der Waals surface area contributed by atoms with Crippen molar-refractivity contribution in [2.75, 3.05) is 13.6 Å². The average molecular weight is 341 g/mol. The van der Waals surface area contributed by atoms with Crippen LogP contribution in [-0.2, 0) is 12.8 Å². The predicted octanol–water partition coefficient (Wildman–Crippen LogP) is 3.30. The van der Waals surface area contributed by atoms with Crippen molar-refractivity contribution < 1.29 is 18.9 Å². The predicted molar refractivity (Wildman–Crippen MR) is 94.6 cm³/mol. The molecule has 2 heterocycles. The molecule has 5 heteroatoms. The molecule has 25 heavy (non-hydrogen) atoms. The van der Waals surface area contributed by atoms with Gasteiger partial charge in [-0.05, 0) is 62.1 Å². The van der Waals surface area contributed by atoms with Gasteiger partial charge in [-0.15, -0.1) is 0 Å². The number of ether oxygens (including phenoxy) is 4. The Morgan fingerprint density at radius 3 is 1.64 bits per heavy atom. The molecule has 0 spiro atoms.